The number of halogens is 1. The molecule has 0 N–H and O–H groups in total. The second kappa shape index (κ2) is 11.2. The van der Waals surface area contributed by atoms with Crippen LogP contribution in [0.3, 0.4) is 0 Å². The van der Waals surface area contributed by atoms with E-state index in [2.05, 4.69) is 4.90 Å². The fraction of sp³-hybridized carbons (Fsp3) is 0.250. The Morgan fingerprint density at radius 1 is 1.06 bits per heavy atom. The first kappa shape index (κ1) is 23.9. The number of anilines is 1. The van der Waals surface area contributed by atoms with E-state index in [1.165, 1.54) is 0 Å². The number of rotatable bonds is 8. The predicted octanol–water partition coefficient (Wildman–Crippen LogP) is 5.97. The number of morpholine rings is 1. The molecule has 1 aliphatic rings. The largest absolute Gasteiger partial charge is 0.496 e. The number of nitrogens with zero attached hydrogens (tertiary/aromatic N) is 1. The van der Waals surface area contributed by atoms with Crippen molar-refractivity contribution in [1.82, 2.24) is 0 Å². The van der Waals surface area contributed by atoms with Gasteiger partial charge in [-0.1, -0.05) is 23.7 Å². The molecule has 1 saturated heterocycles. The van der Waals surface area contributed by atoms with Gasteiger partial charge in [0.2, 0.25) is 0 Å². The standard InChI is InChI=1S/C28H28ClNO4/c1-20-17-25(9-10-26(20)29)34-19-23-18-21(4-12-28(23)32-2)3-11-27(31)22-5-7-24(8-6-22)30-13-15-33-16-14-30/h3-12,17-18H,13-16,19H2,1-2H3/b11-3+. The predicted molar refractivity (Wildman–Crippen MR) is 136 cm³/mol. The molecule has 0 saturated carbocycles. The van der Waals surface area contributed by atoms with E-state index in [1.54, 1.807) is 13.2 Å². The Kier molecular flexibility index (Phi) is 7.88. The third-order valence-electron chi connectivity index (χ3n) is 5.78. The Bertz CT molecular complexity index is 1170. The number of carbonyl (C=O) groups excluding carboxylic acids is 1. The van der Waals surface area contributed by atoms with E-state index in [0.29, 0.717) is 17.2 Å². The molecule has 176 valence electrons. The number of ketones is 1. The monoisotopic (exact) mass is 477 g/mol. The number of ether oxygens (including phenoxy) is 3. The summed E-state index contributed by atoms with van der Waals surface area (Å²) in [7, 11) is 1.63. The second-order valence-corrected chi connectivity index (χ2v) is 8.52. The van der Waals surface area contributed by atoms with Crippen molar-refractivity contribution in [1.29, 1.82) is 0 Å². The van der Waals surface area contributed by atoms with Gasteiger partial charge in [0.1, 0.15) is 18.1 Å². The molecule has 3 aromatic rings. The van der Waals surface area contributed by atoms with Crippen molar-refractivity contribution in [2.24, 2.45) is 0 Å². The highest BCUT2D eigenvalue weighted by Gasteiger charge is 2.12. The minimum atomic E-state index is -0.0428. The summed E-state index contributed by atoms with van der Waals surface area (Å²) >= 11 is 6.10. The summed E-state index contributed by atoms with van der Waals surface area (Å²) in [6.45, 7) is 5.48. The average molecular weight is 478 g/mol. The van der Waals surface area contributed by atoms with E-state index in [-0.39, 0.29) is 5.78 Å². The highest BCUT2D eigenvalue weighted by atomic mass is 35.5. The van der Waals surface area contributed by atoms with E-state index < -0.39 is 0 Å². The van der Waals surface area contributed by atoms with Gasteiger partial charge < -0.3 is 19.1 Å². The number of carbonyl (C=O) groups is 1. The molecule has 0 atom stereocenters. The first-order valence-electron chi connectivity index (χ1n) is 11.2. The molecule has 0 aromatic heterocycles. The molecule has 1 heterocycles. The van der Waals surface area contributed by atoms with Gasteiger partial charge in [0.15, 0.2) is 5.78 Å². The topological polar surface area (TPSA) is 48.0 Å². The molecule has 0 bridgehead atoms. The van der Waals surface area contributed by atoms with Crippen LogP contribution in [0, 0.1) is 6.92 Å². The molecule has 3 aromatic carbocycles. The van der Waals surface area contributed by atoms with Gasteiger partial charge in [-0.15, -0.1) is 0 Å². The van der Waals surface area contributed by atoms with E-state index in [1.807, 2.05) is 73.7 Å². The summed E-state index contributed by atoms with van der Waals surface area (Å²) in [5.74, 6) is 1.42. The van der Waals surface area contributed by atoms with Gasteiger partial charge in [0.05, 0.1) is 20.3 Å². The molecule has 0 spiro atoms. The molecule has 6 heteroatoms. The first-order valence-corrected chi connectivity index (χ1v) is 11.6. The normalized spacial score (nSPS) is 13.8. The SMILES string of the molecule is COc1ccc(/C=C/C(=O)c2ccc(N3CCOCC3)cc2)cc1COc1ccc(Cl)c(C)c1. The zero-order chi connectivity index (χ0) is 23.9. The summed E-state index contributed by atoms with van der Waals surface area (Å²) in [6.07, 6.45) is 3.41. The minimum Gasteiger partial charge on any atom is -0.496 e. The van der Waals surface area contributed by atoms with Crippen LogP contribution < -0.4 is 14.4 Å². The maximum Gasteiger partial charge on any atom is 0.185 e. The molecule has 0 amide bonds. The van der Waals surface area contributed by atoms with Crippen LogP contribution in [0.4, 0.5) is 5.69 Å². The highest BCUT2D eigenvalue weighted by molar-refractivity contribution is 6.31. The van der Waals surface area contributed by atoms with Crippen molar-refractivity contribution in [2.45, 2.75) is 13.5 Å². The lowest BCUT2D eigenvalue weighted by Crippen LogP contribution is -2.36. The maximum absolute atomic E-state index is 12.7. The van der Waals surface area contributed by atoms with Gasteiger partial charge in [-0.2, -0.15) is 0 Å². The van der Waals surface area contributed by atoms with E-state index in [0.717, 1.165) is 60.2 Å². The average Bonchev–Trinajstić information content (AvgIpc) is 2.88. The lowest BCUT2D eigenvalue weighted by Gasteiger charge is -2.28. The Morgan fingerprint density at radius 3 is 2.53 bits per heavy atom. The second-order valence-electron chi connectivity index (χ2n) is 8.11. The summed E-state index contributed by atoms with van der Waals surface area (Å²) in [4.78, 5) is 15.0. The molecule has 1 aliphatic heterocycles. The first-order chi connectivity index (χ1) is 16.5. The maximum atomic E-state index is 12.7. The Morgan fingerprint density at radius 2 is 1.82 bits per heavy atom. The van der Waals surface area contributed by atoms with Crippen molar-refractivity contribution < 1.29 is 19.0 Å². The van der Waals surface area contributed by atoms with Gasteiger partial charge in [-0.05, 0) is 78.7 Å². The van der Waals surface area contributed by atoms with Gasteiger partial charge in [0.25, 0.3) is 0 Å². The highest BCUT2D eigenvalue weighted by Crippen LogP contribution is 2.25. The van der Waals surface area contributed by atoms with Crippen molar-refractivity contribution >= 4 is 29.1 Å². The molecular weight excluding hydrogens is 450 g/mol. The van der Waals surface area contributed by atoms with Crippen LogP contribution in [0.15, 0.2) is 66.7 Å². The zero-order valence-corrected chi connectivity index (χ0v) is 20.2. The quantitative estimate of drug-likeness (QED) is 0.295. The summed E-state index contributed by atoms with van der Waals surface area (Å²) in [5, 5.41) is 0.706. The number of allylic oxidation sites excluding steroid dienone is 1. The van der Waals surface area contributed by atoms with Crippen molar-refractivity contribution in [3.05, 3.63) is 94.0 Å². The van der Waals surface area contributed by atoms with E-state index >= 15 is 0 Å². The summed E-state index contributed by atoms with van der Waals surface area (Å²) in [6, 6.07) is 19.1. The van der Waals surface area contributed by atoms with Crippen LogP contribution in [0.25, 0.3) is 6.08 Å². The number of aryl methyl sites for hydroxylation is 1. The number of methoxy groups -OCH3 is 1. The van der Waals surface area contributed by atoms with Crippen molar-refractivity contribution in [3.63, 3.8) is 0 Å². The summed E-state index contributed by atoms with van der Waals surface area (Å²) in [5.41, 5.74) is 4.51. The van der Waals surface area contributed by atoms with Crippen LogP contribution in [-0.2, 0) is 11.3 Å². The van der Waals surface area contributed by atoms with Crippen LogP contribution in [0.1, 0.15) is 27.0 Å². The number of hydrogen-bond acceptors (Lipinski definition) is 5. The van der Waals surface area contributed by atoms with Gasteiger partial charge in [-0.3, -0.25) is 4.79 Å². The smallest absolute Gasteiger partial charge is 0.185 e. The van der Waals surface area contributed by atoms with Gasteiger partial charge >= 0.3 is 0 Å². The number of hydrogen-bond donors (Lipinski definition) is 0. The fourth-order valence-corrected chi connectivity index (χ4v) is 3.93. The van der Waals surface area contributed by atoms with E-state index in [9.17, 15) is 4.79 Å². The minimum absolute atomic E-state index is 0.0428. The Balaban J connectivity index is 1.42. The van der Waals surface area contributed by atoms with Crippen molar-refractivity contribution in [3.8, 4) is 11.5 Å². The third-order valence-corrected chi connectivity index (χ3v) is 6.21. The van der Waals surface area contributed by atoms with Gasteiger partial charge in [-0.25, -0.2) is 0 Å². The zero-order valence-electron chi connectivity index (χ0n) is 19.4. The molecule has 0 unspecified atom stereocenters. The van der Waals surface area contributed by atoms with Gasteiger partial charge in [0, 0.05) is 34.9 Å². The third kappa shape index (κ3) is 5.99. The van der Waals surface area contributed by atoms with Crippen LogP contribution in [0.5, 0.6) is 11.5 Å². The molecule has 4 rings (SSSR count). The van der Waals surface area contributed by atoms with Crippen LogP contribution in [-0.4, -0.2) is 39.2 Å². The lowest BCUT2D eigenvalue weighted by atomic mass is 10.1. The Labute approximate surface area is 205 Å². The molecule has 5 nitrogen and oxygen atoms in total. The molecule has 1 fully saturated rings. The number of benzene rings is 3. The summed E-state index contributed by atoms with van der Waals surface area (Å²) < 4.78 is 16.8. The molecular formula is C28H28ClNO4. The van der Waals surface area contributed by atoms with Crippen LogP contribution in [0.2, 0.25) is 5.02 Å². The van der Waals surface area contributed by atoms with E-state index in [4.69, 9.17) is 25.8 Å². The lowest BCUT2D eigenvalue weighted by molar-refractivity contribution is 0.104. The van der Waals surface area contributed by atoms with Crippen molar-refractivity contribution in [2.75, 3.05) is 38.3 Å². The molecule has 0 radical (unpaired) electrons. The fourth-order valence-electron chi connectivity index (χ4n) is 3.81. The van der Waals surface area contributed by atoms with Crippen LogP contribution >= 0.6 is 11.6 Å². The molecule has 34 heavy (non-hydrogen) atoms. The Hall–Kier alpha value is -3.28. The molecule has 0 aliphatic carbocycles.